The van der Waals surface area contributed by atoms with E-state index in [4.69, 9.17) is 0 Å². The van der Waals surface area contributed by atoms with Gasteiger partial charge in [-0.15, -0.1) is 0 Å². The standard InChI is InChI=1S/C15H33NO/c1-4-7-10-13-16(17,14-11-8-5-2)15-12-9-6-3/h4-15H2,1-3H3. The number of hydroxylamine groups is 3. The van der Waals surface area contributed by atoms with E-state index in [1.807, 2.05) is 0 Å². The van der Waals surface area contributed by atoms with Crippen LogP contribution < -0.4 is 0 Å². The van der Waals surface area contributed by atoms with E-state index in [9.17, 15) is 5.21 Å². The zero-order valence-electron chi connectivity index (χ0n) is 12.3. The van der Waals surface area contributed by atoms with Crippen molar-refractivity contribution >= 4 is 0 Å². The van der Waals surface area contributed by atoms with Crippen LogP contribution in [-0.4, -0.2) is 24.3 Å². The molecule has 0 bridgehead atoms. The molecule has 0 spiro atoms. The molecule has 0 aromatic carbocycles. The van der Waals surface area contributed by atoms with E-state index in [-0.39, 0.29) is 4.65 Å². The first-order valence-electron chi connectivity index (χ1n) is 7.75. The van der Waals surface area contributed by atoms with Crippen molar-refractivity contribution in [3.8, 4) is 0 Å². The SMILES string of the molecule is CCCCC[N+]([O-])(CCCCC)CCCCC. The van der Waals surface area contributed by atoms with Crippen LogP contribution in [-0.2, 0) is 0 Å². The molecule has 0 radical (unpaired) electrons. The Bertz CT molecular complexity index is 132. The molecule has 0 rings (SSSR count). The highest BCUT2D eigenvalue weighted by Gasteiger charge is 2.15. The summed E-state index contributed by atoms with van der Waals surface area (Å²) in [6, 6.07) is 0. The summed E-state index contributed by atoms with van der Waals surface area (Å²) in [4.78, 5) is 0. The minimum atomic E-state index is 0.0833. The van der Waals surface area contributed by atoms with Crippen LogP contribution >= 0.6 is 0 Å². The van der Waals surface area contributed by atoms with Gasteiger partial charge in [0.1, 0.15) is 0 Å². The fourth-order valence-electron chi connectivity index (χ4n) is 2.29. The summed E-state index contributed by atoms with van der Waals surface area (Å²) in [7, 11) is 0. The molecule has 0 aliphatic rings. The van der Waals surface area contributed by atoms with E-state index in [0.717, 1.165) is 38.9 Å². The van der Waals surface area contributed by atoms with Crippen molar-refractivity contribution in [3.05, 3.63) is 5.21 Å². The first kappa shape index (κ1) is 16.9. The van der Waals surface area contributed by atoms with Gasteiger partial charge >= 0.3 is 0 Å². The van der Waals surface area contributed by atoms with Gasteiger partial charge in [0.2, 0.25) is 0 Å². The molecule has 0 aliphatic heterocycles. The predicted molar refractivity (Wildman–Crippen MR) is 76.8 cm³/mol. The molecule has 0 atom stereocenters. The average Bonchev–Trinajstić information content (AvgIpc) is 2.30. The van der Waals surface area contributed by atoms with Crippen molar-refractivity contribution in [2.75, 3.05) is 19.6 Å². The summed E-state index contributed by atoms with van der Waals surface area (Å²) in [6.45, 7) is 9.15. The van der Waals surface area contributed by atoms with Crippen molar-refractivity contribution in [3.63, 3.8) is 0 Å². The van der Waals surface area contributed by atoms with E-state index < -0.39 is 0 Å². The number of nitrogens with zero attached hydrogens (tertiary/aromatic N) is 1. The highest BCUT2D eigenvalue weighted by atomic mass is 16.5. The third-order valence-corrected chi connectivity index (χ3v) is 3.51. The number of rotatable bonds is 12. The molecule has 0 N–H and O–H groups in total. The second-order valence-corrected chi connectivity index (χ2v) is 5.35. The molecule has 0 aromatic heterocycles. The Hall–Kier alpha value is -0.0800. The molecule has 2 nitrogen and oxygen atoms in total. The van der Waals surface area contributed by atoms with Gasteiger partial charge < -0.3 is 9.85 Å². The van der Waals surface area contributed by atoms with Crippen LogP contribution in [0.15, 0.2) is 0 Å². The fraction of sp³-hybridized carbons (Fsp3) is 1.00. The highest BCUT2D eigenvalue weighted by Crippen LogP contribution is 2.14. The van der Waals surface area contributed by atoms with Crippen LogP contribution in [0.25, 0.3) is 0 Å². The van der Waals surface area contributed by atoms with Crippen LogP contribution in [0.1, 0.15) is 78.6 Å². The van der Waals surface area contributed by atoms with Crippen LogP contribution in [0.3, 0.4) is 0 Å². The lowest BCUT2D eigenvalue weighted by atomic mass is 10.2. The van der Waals surface area contributed by atoms with Crippen LogP contribution in [0.5, 0.6) is 0 Å². The van der Waals surface area contributed by atoms with E-state index in [1.165, 1.54) is 38.5 Å². The molecule has 2 heteroatoms. The molecule has 17 heavy (non-hydrogen) atoms. The third kappa shape index (κ3) is 9.61. The Morgan fingerprint density at radius 2 is 0.882 bits per heavy atom. The van der Waals surface area contributed by atoms with E-state index in [2.05, 4.69) is 20.8 Å². The molecule has 0 saturated heterocycles. The molecular weight excluding hydrogens is 210 g/mol. The van der Waals surface area contributed by atoms with Gasteiger partial charge in [-0.2, -0.15) is 0 Å². The molecule has 0 aromatic rings. The monoisotopic (exact) mass is 243 g/mol. The third-order valence-electron chi connectivity index (χ3n) is 3.51. The van der Waals surface area contributed by atoms with Crippen LogP contribution in [0.2, 0.25) is 0 Å². The van der Waals surface area contributed by atoms with E-state index in [0.29, 0.717) is 0 Å². The lowest BCUT2D eigenvalue weighted by Gasteiger charge is -2.43. The smallest absolute Gasteiger partial charge is 0.0783 e. The second-order valence-electron chi connectivity index (χ2n) is 5.35. The Morgan fingerprint density at radius 1 is 0.588 bits per heavy atom. The summed E-state index contributed by atoms with van der Waals surface area (Å²) in [5.41, 5.74) is 0. The quantitative estimate of drug-likeness (QED) is 0.272. The molecule has 0 amide bonds. The largest absolute Gasteiger partial charge is 0.633 e. The molecule has 0 heterocycles. The number of quaternary nitrogens is 1. The number of hydrogen-bond acceptors (Lipinski definition) is 1. The molecule has 104 valence electrons. The van der Waals surface area contributed by atoms with E-state index in [1.54, 1.807) is 0 Å². The lowest BCUT2D eigenvalue weighted by molar-refractivity contribution is -0.881. The predicted octanol–water partition coefficient (Wildman–Crippen LogP) is 4.87. The zero-order valence-corrected chi connectivity index (χ0v) is 12.3. The van der Waals surface area contributed by atoms with Crippen molar-refractivity contribution < 1.29 is 4.65 Å². The first-order valence-corrected chi connectivity index (χ1v) is 7.75. The summed E-state index contributed by atoms with van der Waals surface area (Å²) in [5.74, 6) is 0. The summed E-state index contributed by atoms with van der Waals surface area (Å²) in [5, 5.41) is 12.7. The molecule has 0 fully saturated rings. The van der Waals surface area contributed by atoms with Gasteiger partial charge in [0, 0.05) is 0 Å². The first-order chi connectivity index (χ1) is 8.18. The Labute approximate surface area is 109 Å². The highest BCUT2D eigenvalue weighted by molar-refractivity contribution is 4.49. The summed E-state index contributed by atoms with van der Waals surface area (Å²) >= 11 is 0. The number of unbranched alkanes of at least 4 members (excludes halogenated alkanes) is 6. The maximum atomic E-state index is 12.7. The van der Waals surface area contributed by atoms with Crippen molar-refractivity contribution in [1.29, 1.82) is 0 Å². The van der Waals surface area contributed by atoms with Crippen molar-refractivity contribution in [1.82, 2.24) is 0 Å². The van der Waals surface area contributed by atoms with Gasteiger partial charge in [-0.3, -0.25) is 0 Å². The molecule has 0 aliphatic carbocycles. The number of hydrogen-bond donors (Lipinski definition) is 0. The van der Waals surface area contributed by atoms with Gasteiger partial charge in [-0.05, 0) is 38.5 Å². The Morgan fingerprint density at radius 3 is 1.12 bits per heavy atom. The fourth-order valence-corrected chi connectivity index (χ4v) is 2.29. The summed E-state index contributed by atoms with van der Waals surface area (Å²) < 4.78 is 0.0833. The van der Waals surface area contributed by atoms with Gasteiger partial charge in [0.25, 0.3) is 0 Å². The molecular formula is C15H33NO. The average molecular weight is 243 g/mol. The lowest BCUT2D eigenvalue weighted by Crippen LogP contribution is -2.44. The van der Waals surface area contributed by atoms with Crippen LogP contribution in [0, 0.1) is 5.21 Å². The summed E-state index contributed by atoms with van der Waals surface area (Å²) in [6.07, 6.45) is 10.6. The Kier molecular flexibility index (Phi) is 11.0. The van der Waals surface area contributed by atoms with Crippen molar-refractivity contribution in [2.45, 2.75) is 78.6 Å². The van der Waals surface area contributed by atoms with Crippen LogP contribution in [0.4, 0.5) is 0 Å². The minimum Gasteiger partial charge on any atom is -0.633 e. The maximum Gasteiger partial charge on any atom is 0.0783 e. The van der Waals surface area contributed by atoms with Gasteiger partial charge in [0.15, 0.2) is 0 Å². The second kappa shape index (κ2) is 11.0. The maximum absolute atomic E-state index is 12.7. The topological polar surface area (TPSA) is 23.1 Å². The van der Waals surface area contributed by atoms with Gasteiger partial charge in [0.05, 0.1) is 19.6 Å². The van der Waals surface area contributed by atoms with Gasteiger partial charge in [-0.1, -0.05) is 40.0 Å². The van der Waals surface area contributed by atoms with Crippen molar-refractivity contribution in [2.24, 2.45) is 0 Å². The molecule has 0 unspecified atom stereocenters. The zero-order chi connectivity index (χ0) is 13.0. The van der Waals surface area contributed by atoms with E-state index >= 15 is 0 Å². The Balaban J connectivity index is 3.95. The van der Waals surface area contributed by atoms with Gasteiger partial charge in [-0.25, -0.2) is 0 Å². The molecule has 0 saturated carbocycles. The minimum absolute atomic E-state index is 0.0833. The normalized spacial score (nSPS) is 12.0.